The first-order valence-corrected chi connectivity index (χ1v) is 8.82. The van der Waals surface area contributed by atoms with Gasteiger partial charge >= 0.3 is 6.09 Å². The number of amides is 1. The molecule has 0 spiro atoms. The van der Waals surface area contributed by atoms with Crippen LogP contribution in [0, 0.1) is 5.92 Å². The van der Waals surface area contributed by atoms with Crippen LogP contribution in [0.15, 0.2) is 48.8 Å². The van der Waals surface area contributed by atoms with Crippen molar-refractivity contribution in [3.05, 3.63) is 59.9 Å². The van der Waals surface area contributed by atoms with E-state index in [0.717, 1.165) is 31.4 Å². The van der Waals surface area contributed by atoms with E-state index in [-0.39, 0.29) is 5.54 Å². The van der Waals surface area contributed by atoms with Crippen LogP contribution in [0.5, 0.6) is 0 Å². The van der Waals surface area contributed by atoms with Gasteiger partial charge in [0.05, 0.1) is 11.9 Å². The van der Waals surface area contributed by atoms with Gasteiger partial charge in [0.1, 0.15) is 0 Å². The molecule has 1 amide bonds. The summed E-state index contributed by atoms with van der Waals surface area (Å²) >= 11 is 0. The van der Waals surface area contributed by atoms with Gasteiger partial charge in [-0.1, -0.05) is 50.1 Å². The van der Waals surface area contributed by atoms with Crippen LogP contribution in [0.3, 0.4) is 0 Å². The van der Waals surface area contributed by atoms with Crippen molar-refractivity contribution in [1.82, 2.24) is 10.3 Å². The second kappa shape index (κ2) is 7.66. The minimum absolute atomic E-state index is 0.242. The van der Waals surface area contributed by atoms with Crippen LogP contribution >= 0.6 is 0 Å². The third-order valence-corrected chi connectivity index (χ3v) is 5.05. The molecule has 0 aliphatic heterocycles. The van der Waals surface area contributed by atoms with Crippen LogP contribution in [0.25, 0.3) is 0 Å². The Morgan fingerprint density at radius 2 is 2.12 bits per heavy atom. The lowest BCUT2D eigenvalue weighted by Crippen LogP contribution is -2.46. The Balaban J connectivity index is 1.93. The fourth-order valence-electron chi connectivity index (χ4n) is 3.95. The second-order valence-electron chi connectivity index (χ2n) is 6.97. The number of nitrogens with zero attached hydrogens (tertiary/aromatic N) is 1. The van der Waals surface area contributed by atoms with Crippen LogP contribution in [0.4, 0.5) is 10.5 Å². The summed E-state index contributed by atoms with van der Waals surface area (Å²) in [5, 5.41) is 15.4. The maximum Gasteiger partial charge on any atom is 0.409 e. The molecule has 1 heterocycles. The van der Waals surface area contributed by atoms with Gasteiger partial charge in [0.15, 0.2) is 0 Å². The number of carboxylic acid groups (broad SMARTS) is 1. The predicted molar refractivity (Wildman–Crippen MR) is 98.5 cm³/mol. The molecule has 1 fully saturated rings. The zero-order chi connectivity index (χ0) is 17.7. The molecule has 25 heavy (non-hydrogen) atoms. The summed E-state index contributed by atoms with van der Waals surface area (Å²) in [5.74, 6) is 0.586. The standard InChI is InChI=1S/C20H25N3O2/c1-15-6-5-10-20(12-15,22-13-16-7-3-2-4-8-16)17-9-11-21-14-18(17)23-19(24)25/h2-4,7-9,11,14-15,22-23H,5-6,10,12-13H2,1H3,(H,24,25). The van der Waals surface area contributed by atoms with Crippen molar-refractivity contribution < 1.29 is 9.90 Å². The van der Waals surface area contributed by atoms with E-state index in [1.165, 1.54) is 12.0 Å². The summed E-state index contributed by atoms with van der Waals surface area (Å²) in [6.07, 6.45) is 6.60. The lowest BCUT2D eigenvalue weighted by atomic mass is 9.72. The highest BCUT2D eigenvalue weighted by molar-refractivity contribution is 5.84. The summed E-state index contributed by atoms with van der Waals surface area (Å²) in [6.45, 7) is 3.02. The highest BCUT2D eigenvalue weighted by Crippen LogP contribution is 2.42. The summed E-state index contributed by atoms with van der Waals surface area (Å²) in [7, 11) is 0. The van der Waals surface area contributed by atoms with Crippen molar-refractivity contribution in [3.8, 4) is 0 Å². The van der Waals surface area contributed by atoms with Gasteiger partial charge in [-0.3, -0.25) is 10.3 Å². The molecule has 0 saturated heterocycles. The molecule has 0 radical (unpaired) electrons. The zero-order valence-electron chi connectivity index (χ0n) is 14.5. The second-order valence-corrected chi connectivity index (χ2v) is 6.97. The first-order valence-electron chi connectivity index (χ1n) is 8.82. The fraction of sp³-hybridized carbons (Fsp3) is 0.400. The van der Waals surface area contributed by atoms with Crippen LogP contribution in [-0.4, -0.2) is 16.2 Å². The molecule has 1 aromatic heterocycles. The fourth-order valence-corrected chi connectivity index (χ4v) is 3.95. The van der Waals surface area contributed by atoms with Crippen LogP contribution in [-0.2, 0) is 12.1 Å². The van der Waals surface area contributed by atoms with E-state index < -0.39 is 6.09 Å². The number of anilines is 1. The number of hydrogen-bond acceptors (Lipinski definition) is 3. The number of aromatic nitrogens is 1. The smallest absolute Gasteiger partial charge is 0.409 e. The summed E-state index contributed by atoms with van der Waals surface area (Å²) in [4.78, 5) is 15.3. The van der Waals surface area contributed by atoms with Crippen molar-refractivity contribution in [2.75, 3.05) is 5.32 Å². The van der Waals surface area contributed by atoms with Gasteiger partial charge in [-0.05, 0) is 36.0 Å². The van der Waals surface area contributed by atoms with Crippen molar-refractivity contribution >= 4 is 11.8 Å². The molecule has 1 saturated carbocycles. The molecule has 3 rings (SSSR count). The lowest BCUT2D eigenvalue weighted by molar-refractivity contribution is 0.185. The van der Waals surface area contributed by atoms with Crippen molar-refractivity contribution in [2.45, 2.75) is 44.7 Å². The quantitative estimate of drug-likeness (QED) is 0.756. The number of pyridine rings is 1. The Bertz CT molecular complexity index is 720. The SMILES string of the molecule is CC1CCCC(NCc2ccccc2)(c2ccncc2NC(=O)O)C1. The molecule has 2 unspecified atom stereocenters. The Kier molecular flexibility index (Phi) is 5.34. The van der Waals surface area contributed by atoms with Crippen LogP contribution in [0.1, 0.15) is 43.7 Å². The average Bonchev–Trinajstić information content (AvgIpc) is 2.61. The Hall–Kier alpha value is -2.40. The minimum Gasteiger partial charge on any atom is -0.465 e. The van der Waals surface area contributed by atoms with E-state index >= 15 is 0 Å². The molecule has 5 nitrogen and oxygen atoms in total. The number of nitrogens with one attached hydrogen (secondary N) is 2. The van der Waals surface area contributed by atoms with Gasteiger partial charge in [0.2, 0.25) is 0 Å². The van der Waals surface area contributed by atoms with Gasteiger partial charge in [0.25, 0.3) is 0 Å². The molecule has 1 aromatic carbocycles. The van der Waals surface area contributed by atoms with E-state index in [1.54, 1.807) is 12.4 Å². The maximum atomic E-state index is 11.2. The van der Waals surface area contributed by atoms with E-state index in [9.17, 15) is 9.90 Å². The molecule has 2 atom stereocenters. The van der Waals surface area contributed by atoms with Crippen molar-refractivity contribution in [3.63, 3.8) is 0 Å². The lowest BCUT2D eigenvalue weighted by Gasteiger charge is -2.42. The van der Waals surface area contributed by atoms with Crippen LogP contribution < -0.4 is 10.6 Å². The van der Waals surface area contributed by atoms with E-state index in [4.69, 9.17) is 0 Å². The molecule has 3 N–H and O–H groups in total. The molecular formula is C20H25N3O2. The molecule has 132 valence electrons. The predicted octanol–water partition coefficient (Wildman–Crippen LogP) is 4.37. The number of rotatable bonds is 5. The Morgan fingerprint density at radius 1 is 1.32 bits per heavy atom. The third-order valence-electron chi connectivity index (χ3n) is 5.05. The third kappa shape index (κ3) is 4.17. The van der Waals surface area contributed by atoms with Crippen molar-refractivity contribution in [2.24, 2.45) is 5.92 Å². The zero-order valence-corrected chi connectivity index (χ0v) is 14.5. The first kappa shape index (κ1) is 17.4. The van der Waals surface area contributed by atoms with E-state index in [2.05, 4.69) is 34.7 Å². The highest BCUT2D eigenvalue weighted by Gasteiger charge is 2.38. The molecule has 2 aromatic rings. The normalized spacial score (nSPS) is 23.2. The average molecular weight is 339 g/mol. The van der Waals surface area contributed by atoms with Gasteiger partial charge < -0.3 is 10.4 Å². The molecular weight excluding hydrogens is 314 g/mol. The number of hydrogen-bond donors (Lipinski definition) is 3. The van der Waals surface area contributed by atoms with Gasteiger partial charge in [0, 0.05) is 18.3 Å². The van der Waals surface area contributed by atoms with Gasteiger partial charge in [-0.2, -0.15) is 0 Å². The number of carbonyl (C=O) groups is 1. The summed E-state index contributed by atoms with van der Waals surface area (Å²) < 4.78 is 0. The molecule has 1 aliphatic rings. The molecule has 5 heteroatoms. The van der Waals surface area contributed by atoms with Crippen molar-refractivity contribution in [1.29, 1.82) is 0 Å². The van der Waals surface area contributed by atoms with E-state index in [1.807, 2.05) is 24.3 Å². The number of benzene rings is 1. The Morgan fingerprint density at radius 3 is 2.84 bits per heavy atom. The Labute approximate surface area is 148 Å². The minimum atomic E-state index is -1.06. The highest BCUT2D eigenvalue weighted by atomic mass is 16.4. The van der Waals surface area contributed by atoms with Gasteiger partial charge in [-0.25, -0.2) is 4.79 Å². The maximum absolute atomic E-state index is 11.2. The summed E-state index contributed by atoms with van der Waals surface area (Å²) in [6, 6.07) is 12.3. The summed E-state index contributed by atoms with van der Waals surface area (Å²) in [5.41, 5.74) is 2.55. The van der Waals surface area contributed by atoms with Crippen LogP contribution in [0.2, 0.25) is 0 Å². The topological polar surface area (TPSA) is 74.2 Å². The molecule has 0 bridgehead atoms. The molecule has 1 aliphatic carbocycles. The van der Waals surface area contributed by atoms with E-state index in [0.29, 0.717) is 11.6 Å². The monoisotopic (exact) mass is 339 g/mol. The largest absolute Gasteiger partial charge is 0.465 e. The van der Waals surface area contributed by atoms with Gasteiger partial charge in [-0.15, -0.1) is 0 Å². The first-order chi connectivity index (χ1) is 12.1.